The van der Waals surface area contributed by atoms with E-state index in [0.29, 0.717) is 6.42 Å². The number of aromatic nitrogens is 5. The van der Waals surface area contributed by atoms with Crippen molar-refractivity contribution in [1.29, 1.82) is 0 Å². The van der Waals surface area contributed by atoms with Crippen molar-refractivity contribution in [1.82, 2.24) is 30.5 Å². The second-order valence-electron chi connectivity index (χ2n) is 3.53. The van der Waals surface area contributed by atoms with E-state index in [1.54, 1.807) is 13.2 Å². The molecule has 0 spiro atoms. The number of nitrogens with zero attached hydrogens (tertiary/aromatic N) is 5. The van der Waals surface area contributed by atoms with Gasteiger partial charge in [-0.05, 0) is 23.9 Å². The Bertz CT molecular complexity index is 438. The van der Waals surface area contributed by atoms with Crippen LogP contribution < -0.4 is 5.32 Å². The molecule has 1 N–H and O–H groups in total. The van der Waals surface area contributed by atoms with Gasteiger partial charge in [-0.15, -0.1) is 10.2 Å². The molecule has 0 radical (unpaired) electrons. The number of aryl methyl sites for hydroxylation is 1. The molecule has 2 rings (SSSR count). The lowest BCUT2D eigenvalue weighted by atomic mass is 10.1. The van der Waals surface area contributed by atoms with Crippen LogP contribution in [0.5, 0.6) is 0 Å². The zero-order valence-corrected chi connectivity index (χ0v) is 9.33. The van der Waals surface area contributed by atoms with E-state index in [1.807, 2.05) is 25.4 Å². The lowest BCUT2D eigenvalue weighted by molar-refractivity contribution is 0.568. The largest absolute Gasteiger partial charge is 0.313 e. The number of rotatable bonds is 4. The van der Waals surface area contributed by atoms with Crippen LogP contribution in [0.4, 0.5) is 0 Å². The minimum atomic E-state index is 0.165. The summed E-state index contributed by atoms with van der Waals surface area (Å²) in [5, 5.41) is 15.2. The molecule has 0 bridgehead atoms. The SMILES string of the molecule is CNC(Cc1nnn(C)n1)c1cccnc1. The van der Waals surface area contributed by atoms with Crippen molar-refractivity contribution in [2.45, 2.75) is 12.5 Å². The number of hydrogen-bond donors (Lipinski definition) is 1. The minimum Gasteiger partial charge on any atom is -0.313 e. The molecular formula is C10H14N6. The Morgan fingerprint density at radius 3 is 2.94 bits per heavy atom. The number of hydrogen-bond acceptors (Lipinski definition) is 5. The fourth-order valence-electron chi connectivity index (χ4n) is 1.56. The molecule has 1 atom stereocenters. The fraction of sp³-hybridized carbons (Fsp3) is 0.400. The normalized spacial score (nSPS) is 12.6. The lowest BCUT2D eigenvalue weighted by Crippen LogP contribution is -2.19. The summed E-state index contributed by atoms with van der Waals surface area (Å²) in [4.78, 5) is 5.56. The molecule has 1 unspecified atom stereocenters. The highest BCUT2D eigenvalue weighted by Crippen LogP contribution is 2.14. The molecule has 0 aliphatic carbocycles. The van der Waals surface area contributed by atoms with Crippen LogP contribution in [-0.2, 0) is 13.5 Å². The van der Waals surface area contributed by atoms with Gasteiger partial charge in [-0.1, -0.05) is 6.07 Å². The molecule has 0 fully saturated rings. The summed E-state index contributed by atoms with van der Waals surface area (Å²) >= 11 is 0. The predicted octanol–water partition coefficient (Wildman–Crippen LogP) is 0.108. The average Bonchev–Trinajstić information content (AvgIpc) is 2.73. The van der Waals surface area contributed by atoms with Crippen LogP contribution in [0.3, 0.4) is 0 Å². The average molecular weight is 218 g/mol. The van der Waals surface area contributed by atoms with Gasteiger partial charge < -0.3 is 5.32 Å². The van der Waals surface area contributed by atoms with E-state index >= 15 is 0 Å². The highest BCUT2D eigenvalue weighted by Gasteiger charge is 2.13. The first-order chi connectivity index (χ1) is 7.79. The molecule has 0 aliphatic rings. The van der Waals surface area contributed by atoms with Crippen LogP contribution in [0.1, 0.15) is 17.4 Å². The van der Waals surface area contributed by atoms with Gasteiger partial charge in [-0.2, -0.15) is 4.80 Å². The van der Waals surface area contributed by atoms with Crippen LogP contribution in [0.25, 0.3) is 0 Å². The Kier molecular flexibility index (Phi) is 3.21. The van der Waals surface area contributed by atoms with Crippen molar-refractivity contribution >= 4 is 0 Å². The van der Waals surface area contributed by atoms with Crippen molar-refractivity contribution in [2.75, 3.05) is 7.05 Å². The van der Waals surface area contributed by atoms with Gasteiger partial charge in [-0.3, -0.25) is 4.98 Å². The number of tetrazole rings is 1. The number of likely N-dealkylation sites (N-methyl/N-ethyl adjacent to an activating group) is 1. The van der Waals surface area contributed by atoms with Gasteiger partial charge in [0.25, 0.3) is 0 Å². The van der Waals surface area contributed by atoms with E-state index < -0.39 is 0 Å². The summed E-state index contributed by atoms with van der Waals surface area (Å²) in [6, 6.07) is 4.12. The first-order valence-corrected chi connectivity index (χ1v) is 5.09. The monoisotopic (exact) mass is 218 g/mol. The van der Waals surface area contributed by atoms with Gasteiger partial charge in [0.2, 0.25) is 0 Å². The zero-order valence-electron chi connectivity index (χ0n) is 9.33. The van der Waals surface area contributed by atoms with Crippen LogP contribution in [0, 0.1) is 0 Å². The molecule has 6 heteroatoms. The van der Waals surface area contributed by atoms with Gasteiger partial charge in [-0.25, -0.2) is 0 Å². The molecule has 6 nitrogen and oxygen atoms in total. The standard InChI is InChI=1S/C10H14N6/c1-11-9(8-4-3-5-12-7-8)6-10-13-15-16(2)14-10/h3-5,7,9,11H,6H2,1-2H3. The van der Waals surface area contributed by atoms with Gasteiger partial charge >= 0.3 is 0 Å². The summed E-state index contributed by atoms with van der Waals surface area (Å²) in [6.07, 6.45) is 4.31. The van der Waals surface area contributed by atoms with E-state index in [0.717, 1.165) is 11.4 Å². The number of nitrogens with one attached hydrogen (secondary N) is 1. The first-order valence-electron chi connectivity index (χ1n) is 5.09. The Hall–Kier alpha value is -1.82. The third-order valence-corrected chi connectivity index (χ3v) is 2.37. The predicted molar refractivity (Wildman–Crippen MR) is 58.5 cm³/mol. The van der Waals surface area contributed by atoms with Crippen molar-refractivity contribution < 1.29 is 0 Å². The molecule has 2 aromatic heterocycles. The van der Waals surface area contributed by atoms with Crippen molar-refractivity contribution in [3.63, 3.8) is 0 Å². The summed E-state index contributed by atoms with van der Waals surface area (Å²) in [6.45, 7) is 0. The van der Waals surface area contributed by atoms with E-state index in [-0.39, 0.29) is 6.04 Å². The van der Waals surface area contributed by atoms with Crippen molar-refractivity contribution in [2.24, 2.45) is 7.05 Å². The Morgan fingerprint density at radius 1 is 1.50 bits per heavy atom. The molecule has 2 heterocycles. The summed E-state index contributed by atoms with van der Waals surface area (Å²) < 4.78 is 0. The highest BCUT2D eigenvalue weighted by molar-refractivity contribution is 5.15. The van der Waals surface area contributed by atoms with Crippen LogP contribution in [0.2, 0.25) is 0 Å². The second-order valence-corrected chi connectivity index (χ2v) is 3.53. The molecule has 0 aliphatic heterocycles. The van der Waals surface area contributed by atoms with E-state index in [9.17, 15) is 0 Å². The molecule has 0 aromatic carbocycles. The van der Waals surface area contributed by atoms with Crippen molar-refractivity contribution in [3.8, 4) is 0 Å². The Morgan fingerprint density at radius 2 is 2.38 bits per heavy atom. The maximum absolute atomic E-state index is 4.16. The zero-order chi connectivity index (χ0) is 11.4. The molecule has 16 heavy (non-hydrogen) atoms. The van der Waals surface area contributed by atoms with Crippen LogP contribution in [0.15, 0.2) is 24.5 Å². The third kappa shape index (κ3) is 2.40. The van der Waals surface area contributed by atoms with Crippen LogP contribution in [-0.4, -0.2) is 32.2 Å². The van der Waals surface area contributed by atoms with Crippen LogP contribution >= 0.6 is 0 Å². The molecular weight excluding hydrogens is 204 g/mol. The molecule has 0 saturated carbocycles. The number of pyridine rings is 1. The van der Waals surface area contributed by atoms with Gasteiger partial charge in [0.1, 0.15) is 0 Å². The van der Waals surface area contributed by atoms with Gasteiger partial charge in [0.05, 0.1) is 7.05 Å². The Balaban J connectivity index is 2.12. The van der Waals surface area contributed by atoms with Gasteiger partial charge in [0, 0.05) is 24.9 Å². The van der Waals surface area contributed by atoms with Gasteiger partial charge in [0.15, 0.2) is 5.82 Å². The minimum absolute atomic E-state index is 0.165. The summed E-state index contributed by atoms with van der Waals surface area (Å²) in [5.41, 5.74) is 1.12. The first kappa shape index (κ1) is 10.7. The lowest BCUT2D eigenvalue weighted by Gasteiger charge is -2.13. The van der Waals surface area contributed by atoms with E-state index in [2.05, 4.69) is 25.7 Å². The maximum Gasteiger partial charge on any atom is 0.176 e. The van der Waals surface area contributed by atoms with Crippen molar-refractivity contribution in [3.05, 3.63) is 35.9 Å². The highest BCUT2D eigenvalue weighted by atomic mass is 15.6. The molecule has 2 aromatic rings. The quantitative estimate of drug-likeness (QED) is 0.788. The fourth-order valence-corrected chi connectivity index (χ4v) is 1.56. The summed E-state index contributed by atoms with van der Waals surface area (Å²) in [7, 11) is 3.67. The smallest absolute Gasteiger partial charge is 0.176 e. The third-order valence-electron chi connectivity index (χ3n) is 2.37. The maximum atomic E-state index is 4.16. The Labute approximate surface area is 93.7 Å². The summed E-state index contributed by atoms with van der Waals surface area (Å²) in [5.74, 6) is 0.728. The molecule has 84 valence electrons. The molecule has 0 saturated heterocycles. The van der Waals surface area contributed by atoms with E-state index in [4.69, 9.17) is 0 Å². The molecule has 0 amide bonds. The van der Waals surface area contributed by atoms with E-state index in [1.165, 1.54) is 4.80 Å². The second kappa shape index (κ2) is 4.80. The topological polar surface area (TPSA) is 68.5 Å².